The number of halogens is 2. The van der Waals surface area contributed by atoms with Gasteiger partial charge in [-0.2, -0.15) is 0 Å². The minimum absolute atomic E-state index is 0.193. The van der Waals surface area contributed by atoms with Gasteiger partial charge in [0.05, 0.1) is 5.02 Å². The summed E-state index contributed by atoms with van der Waals surface area (Å²) >= 11 is 6.04. The minimum Gasteiger partial charge on any atom is -0.439 e. The third-order valence-corrected chi connectivity index (χ3v) is 3.55. The SMILES string of the molecule is [B]c1cncc(C2NC(=O)OC2c2ccc(F)cc2Cl)c1. The second-order valence-electron chi connectivity index (χ2n) is 4.67. The van der Waals surface area contributed by atoms with Crippen LogP contribution >= 0.6 is 11.6 Å². The lowest BCUT2D eigenvalue weighted by molar-refractivity contribution is 0.132. The smallest absolute Gasteiger partial charge is 0.408 e. The van der Waals surface area contributed by atoms with E-state index in [2.05, 4.69) is 10.3 Å². The summed E-state index contributed by atoms with van der Waals surface area (Å²) in [6, 6.07) is 5.14. The quantitative estimate of drug-likeness (QED) is 0.865. The molecule has 1 saturated heterocycles. The first-order valence-electron chi connectivity index (χ1n) is 6.17. The molecule has 1 aromatic carbocycles. The van der Waals surface area contributed by atoms with Gasteiger partial charge in [-0.1, -0.05) is 29.2 Å². The molecule has 1 aromatic heterocycles. The lowest BCUT2D eigenvalue weighted by Gasteiger charge is -2.18. The predicted molar refractivity (Wildman–Crippen MR) is 76.1 cm³/mol. The van der Waals surface area contributed by atoms with Crippen LogP contribution in [0.2, 0.25) is 5.02 Å². The third-order valence-electron chi connectivity index (χ3n) is 3.22. The van der Waals surface area contributed by atoms with E-state index in [-0.39, 0.29) is 5.02 Å². The molecule has 2 unspecified atom stereocenters. The molecule has 1 N–H and O–H groups in total. The molecule has 4 nitrogen and oxygen atoms in total. The van der Waals surface area contributed by atoms with Crippen LogP contribution in [0.5, 0.6) is 0 Å². The molecule has 0 bridgehead atoms. The fraction of sp³-hybridized carbons (Fsp3) is 0.143. The van der Waals surface area contributed by atoms with Gasteiger partial charge in [0.1, 0.15) is 19.7 Å². The normalized spacial score (nSPS) is 21.0. The number of nitrogens with one attached hydrogen (secondary N) is 1. The van der Waals surface area contributed by atoms with Gasteiger partial charge in [-0.15, -0.1) is 0 Å². The Labute approximate surface area is 126 Å². The Kier molecular flexibility index (Phi) is 3.55. The van der Waals surface area contributed by atoms with E-state index in [4.69, 9.17) is 24.2 Å². The van der Waals surface area contributed by atoms with Crippen LogP contribution in [-0.2, 0) is 4.74 Å². The van der Waals surface area contributed by atoms with Crippen LogP contribution in [-0.4, -0.2) is 18.9 Å². The second-order valence-corrected chi connectivity index (χ2v) is 5.07. The van der Waals surface area contributed by atoms with Crippen molar-refractivity contribution in [2.24, 2.45) is 0 Å². The number of rotatable bonds is 2. The molecule has 3 rings (SSSR count). The van der Waals surface area contributed by atoms with Crippen molar-refractivity contribution in [3.05, 3.63) is 58.6 Å². The molecule has 2 radical (unpaired) electrons. The molecule has 2 atom stereocenters. The molecule has 0 saturated carbocycles. The maximum atomic E-state index is 13.1. The number of amides is 1. The van der Waals surface area contributed by atoms with E-state index < -0.39 is 24.1 Å². The summed E-state index contributed by atoms with van der Waals surface area (Å²) in [7, 11) is 5.70. The molecule has 21 heavy (non-hydrogen) atoms. The number of cyclic esters (lactones) is 1. The highest BCUT2D eigenvalue weighted by Crippen LogP contribution is 2.39. The van der Waals surface area contributed by atoms with Gasteiger partial charge in [-0.3, -0.25) is 4.98 Å². The summed E-state index contributed by atoms with van der Waals surface area (Å²) in [6.07, 6.45) is 1.84. The maximum Gasteiger partial charge on any atom is 0.408 e. The predicted octanol–water partition coefficient (Wildman–Crippen LogP) is 2.19. The topological polar surface area (TPSA) is 51.2 Å². The summed E-state index contributed by atoms with van der Waals surface area (Å²) in [5, 5.41) is 2.87. The number of hydrogen-bond acceptors (Lipinski definition) is 3. The van der Waals surface area contributed by atoms with Crippen molar-refractivity contribution in [2.45, 2.75) is 12.1 Å². The van der Waals surface area contributed by atoms with Gasteiger partial charge in [0.2, 0.25) is 0 Å². The molecule has 104 valence electrons. The van der Waals surface area contributed by atoms with Crippen molar-refractivity contribution in [3.63, 3.8) is 0 Å². The van der Waals surface area contributed by atoms with E-state index in [9.17, 15) is 9.18 Å². The lowest BCUT2D eigenvalue weighted by atomic mass is 9.92. The number of aromatic nitrogens is 1. The van der Waals surface area contributed by atoms with Gasteiger partial charge < -0.3 is 10.1 Å². The standard InChI is InChI=1S/C14H9BClFN2O2/c15-8-3-7(5-18-6-8)12-13(21-14(20)19-12)10-2-1-9(17)4-11(10)16/h1-6,12-13H,(H,19,20). The van der Waals surface area contributed by atoms with Gasteiger partial charge in [-0.05, 0) is 17.7 Å². The molecule has 2 heterocycles. The van der Waals surface area contributed by atoms with E-state index >= 15 is 0 Å². The van der Waals surface area contributed by atoms with E-state index in [0.29, 0.717) is 16.6 Å². The first-order valence-corrected chi connectivity index (χ1v) is 6.55. The van der Waals surface area contributed by atoms with Gasteiger partial charge in [0, 0.05) is 18.0 Å². The summed E-state index contributed by atoms with van der Waals surface area (Å²) in [5.41, 5.74) is 1.67. The number of carbonyl (C=O) groups is 1. The molecule has 2 aromatic rings. The Balaban J connectivity index is 2.01. The molecule has 0 spiro atoms. The average Bonchev–Trinajstić information content (AvgIpc) is 2.80. The number of ether oxygens (including phenoxy) is 1. The van der Waals surface area contributed by atoms with Crippen molar-refractivity contribution in [2.75, 3.05) is 0 Å². The Bertz CT molecular complexity index is 713. The van der Waals surface area contributed by atoms with Crippen LogP contribution in [0.25, 0.3) is 0 Å². The Hall–Kier alpha value is -2.08. The van der Waals surface area contributed by atoms with Crippen LogP contribution in [0.1, 0.15) is 23.3 Å². The molecular formula is C14H9BClFN2O2. The van der Waals surface area contributed by atoms with Crippen molar-refractivity contribution < 1.29 is 13.9 Å². The van der Waals surface area contributed by atoms with Crippen molar-refractivity contribution in [1.82, 2.24) is 10.3 Å². The van der Waals surface area contributed by atoms with Crippen LogP contribution in [0, 0.1) is 5.82 Å². The first kappa shape index (κ1) is 13.9. The monoisotopic (exact) mass is 302 g/mol. The Morgan fingerprint density at radius 2 is 2.14 bits per heavy atom. The van der Waals surface area contributed by atoms with E-state index in [1.54, 1.807) is 12.3 Å². The van der Waals surface area contributed by atoms with E-state index in [0.717, 1.165) is 0 Å². The van der Waals surface area contributed by atoms with E-state index in [1.807, 2.05) is 0 Å². The summed E-state index contributed by atoms with van der Waals surface area (Å²) in [5.74, 6) is -0.455. The third kappa shape index (κ3) is 2.71. The van der Waals surface area contributed by atoms with Gasteiger partial charge >= 0.3 is 6.09 Å². The number of nitrogens with zero attached hydrogens (tertiary/aromatic N) is 1. The van der Waals surface area contributed by atoms with Crippen LogP contribution < -0.4 is 10.8 Å². The molecule has 1 amide bonds. The molecule has 7 heteroatoms. The minimum atomic E-state index is -0.672. The zero-order valence-corrected chi connectivity index (χ0v) is 11.5. The number of hydrogen-bond donors (Lipinski definition) is 1. The highest BCUT2D eigenvalue weighted by atomic mass is 35.5. The summed E-state index contributed by atoms with van der Waals surface area (Å²) in [4.78, 5) is 15.6. The Morgan fingerprint density at radius 3 is 2.86 bits per heavy atom. The van der Waals surface area contributed by atoms with Crippen molar-refractivity contribution >= 4 is 31.0 Å². The first-order chi connectivity index (χ1) is 10.0. The lowest BCUT2D eigenvalue weighted by Crippen LogP contribution is -2.21. The highest BCUT2D eigenvalue weighted by Gasteiger charge is 2.37. The van der Waals surface area contributed by atoms with Gasteiger partial charge in [0.15, 0.2) is 6.10 Å². The largest absolute Gasteiger partial charge is 0.439 e. The number of pyridine rings is 1. The fourth-order valence-corrected chi connectivity index (χ4v) is 2.57. The summed E-state index contributed by atoms with van der Waals surface area (Å²) < 4.78 is 18.4. The average molecular weight is 303 g/mol. The maximum absolute atomic E-state index is 13.1. The zero-order chi connectivity index (χ0) is 15.0. The molecule has 1 aliphatic rings. The van der Waals surface area contributed by atoms with Crippen molar-refractivity contribution in [1.29, 1.82) is 0 Å². The van der Waals surface area contributed by atoms with Gasteiger partial charge in [-0.25, -0.2) is 9.18 Å². The number of benzene rings is 1. The molecule has 1 aliphatic heterocycles. The number of carbonyl (C=O) groups excluding carboxylic acids is 1. The van der Waals surface area contributed by atoms with Crippen LogP contribution in [0.4, 0.5) is 9.18 Å². The van der Waals surface area contributed by atoms with Gasteiger partial charge in [0.25, 0.3) is 0 Å². The van der Waals surface area contributed by atoms with Crippen LogP contribution in [0.15, 0.2) is 36.7 Å². The van der Waals surface area contributed by atoms with E-state index in [1.165, 1.54) is 24.4 Å². The molecule has 1 fully saturated rings. The zero-order valence-electron chi connectivity index (χ0n) is 10.7. The molecule has 0 aliphatic carbocycles. The second kappa shape index (κ2) is 5.37. The highest BCUT2D eigenvalue weighted by molar-refractivity contribution is 6.32. The van der Waals surface area contributed by atoms with Crippen molar-refractivity contribution in [3.8, 4) is 0 Å². The summed E-state index contributed by atoms with van der Waals surface area (Å²) in [6.45, 7) is 0. The van der Waals surface area contributed by atoms with Crippen LogP contribution in [0.3, 0.4) is 0 Å². The number of alkyl carbamates (subject to hydrolysis) is 1. The molecular weight excluding hydrogens is 293 g/mol. The fourth-order valence-electron chi connectivity index (χ4n) is 2.30. The Morgan fingerprint density at radius 1 is 1.33 bits per heavy atom.